The summed E-state index contributed by atoms with van der Waals surface area (Å²) >= 11 is 0. The van der Waals surface area contributed by atoms with E-state index in [9.17, 15) is 0 Å². The van der Waals surface area contributed by atoms with E-state index in [1.54, 1.807) is 14.2 Å². The molecule has 4 rings (SSSR count). The van der Waals surface area contributed by atoms with Crippen LogP contribution in [-0.4, -0.2) is 37.9 Å². The van der Waals surface area contributed by atoms with Crippen LogP contribution in [0.15, 0.2) is 53.5 Å². The maximum atomic E-state index is 6.60. The van der Waals surface area contributed by atoms with Gasteiger partial charge in [0.1, 0.15) is 18.1 Å². The zero-order valence-corrected chi connectivity index (χ0v) is 17.1. The Hall–Kier alpha value is -2.53. The molecular formula is C23H27NO4. The molecular weight excluding hydrogens is 354 g/mol. The maximum absolute atomic E-state index is 6.60. The van der Waals surface area contributed by atoms with Crippen LogP contribution < -0.4 is 9.47 Å². The van der Waals surface area contributed by atoms with E-state index in [0.29, 0.717) is 12.5 Å². The normalized spacial score (nSPS) is 24.2. The van der Waals surface area contributed by atoms with Crippen LogP contribution in [-0.2, 0) is 15.1 Å². The van der Waals surface area contributed by atoms with Gasteiger partial charge in [0, 0.05) is 0 Å². The highest BCUT2D eigenvalue weighted by atomic mass is 16.7. The third-order valence-electron chi connectivity index (χ3n) is 5.66. The van der Waals surface area contributed by atoms with Crippen molar-refractivity contribution < 1.29 is 18.9 Å². The fourth-order valence-electron chi connectivity index (χ4n) is 4.10. The van der Waals surface area contributed by atoms with Gasteiger partial charge in [-0.25, -0.2) is 4.99 Å². The molecule has 0 aliphatic carbocycles. The van der Waals surface area contributed by atoms with Crippen molar-refractivity contribution in [2.45, 2.75) is 43.9 Å². The van der Waals surface area contributed by atoms with E-state index in [-0.39, 0.29) is 5.54 Å². The summed E-state index contributed by atoms with van der Waals surface area (Å²) in [6, 6.07) is 16.1. The van der Waals surface area contributed by atoms with Gasteiger partial charge >= 0.3 is 0 Å². The fraction of sp³-hybridized carbons (Fsp3) is 0.435. The van der Waals surface area contributed by atoms with Gasteiger partial charge in [-0.05, 0) is 55.7 Å². The molecule has 0 saturated carbocycles. The molecule has 5 nitrogen and oxygen atoms in total. The minimum Gasteiger partial charge on any atom is -0.497 e. The average molecular weight is 381 g/mol. The predicted octanol–water partition coefficient (Wildman–Crippen LogP) is 4.33. The molecule has 1 unspecified atom stereocenters. The van der Waals surface area contributed by atoms with Crippen molar-refractivity contribution in [1.29, 1.82) is 0 Å². The first-order valence-electron chi connectivity index (χ1n) is 9.63. The van der Waals surface area contributed by atoms with Crippen LogP contribution in [0.25, 0.3) is 0 Å². The lowest BCUT2D eigenvalue weighted by Crippen LogP contribution is -2.33. The number of hydrogen-bond acceptors (Lipinski definition) is 5. The number of rotatable bonds is 6. The standard InChI is InChI=1S/C23H27NO4/c1-6-22(20-24-21(2,3)15-27-20)23(28-22,16-7-11-18(25-4)12-8-16)17-9-13-19(26-5)14-10-17/h7-14H,6,15H2,1-5H3. The molecule has 5 heteroatoms. The molecule has 0 aromatic heterocycles. The number of ether oxygens (including phenoxy) is 4. The van der Waals surface area contributed by atoms with Gasteiger partial charge < -0.3 is 18.9 Å². The summed E-state index contributed by atoms with van der Waals surface area (Å²) in [7, 11) is 3.34. The highest BCUT2D eigenvalue weighted by Crippen LogP contribution is 2.63. The van der Waals surface area contributed by atoms with Crippen LogP contribution in [0.2, 0.25) is 0 Å². The molecule has 2 aliphatic rings. The number of nitrogens with zero attached hydrogens (tertiary/aromatic N) is 1. The molecule has 148 valence electrons. The van der Waals surface area contributed by atoms with E-state index in [1.807, 2.05) is 24.3 Å². The van der Waals surface area contributed by atoms with Crippen LogP contribution in [0.1, 0.15) is 38.3 Å². The van der Waals surface area contributed by atoms with Crippen molar-refractivity contribution in [2.75, 3.05) is 20.8 Å². The lowest BCUT2D eigenvalue weighted by atomic mass is 9.79. The highest BCUT2D eigenvalue weighted by Gasteiger charge is 2.75. The van der Waals surface area contributed by atoms with Gasteiger partial charge in [0.2, 0.25) is 5.90 Å². The van der Waals surface area contributed by atoms with Gasteiger partial charge in [-0.2, -0.15) is 0 Å². The Morgan fingerprint density at radius 1 is 0.893 bits per heavy atom. The molecule has 2 aromatic rings. The minimum absolute atomic E-state index is 0.241. The summed E-state index contributed by atoms with van der Waals surface area (Å²) in [5, 5.41) is 0. The van der Waals surface area contributed by atoms with Gasteiger partial charge in [-0.15, -0.1) is 0 Å². The lowest BCUT2D eigenvalue weighted by molar-refractivity contribution is 0.241. The van der Waals surface area contributed by atoms with E-state index in [2.05, 4.69) is 45.0 Å². The molecule has 28 heavy (non-hydrogen) atoms. The second-order valence-corrected chi connectivity index (χ2v) is 7.94. The topological polar surface area (TPSA) is 52.6 Å². The van der Waals surface area contributed by atoms with Crippen LogP contribution in [0, 0.1) is 0 Å². The van der Waals surface area contributed by atoms with Gasteiger partial charge in [0.25, 0.3) is 0 Å². The Morgan fingerprint density at radius 2 is 1.39 bits per heavy atom. The van der Waals surface area contributed by atoms with Crippen molar-refractivity contribution in [3.05, 3.63) is 59.7 Å². The molecule has 2 aliphatic heterocycles. The van der Waals surface area contributed by atoms with Crippen molar-refractivity contribution in [3.63, 3.8) is 0 Å². The second-order valence-electron chi connectivity index (χ2n) is 7.94. The first-order chi connectivity index (χ1) is 13.4. The van der Waals surface area contributed by atoms with Crippen LogP contribution in [0.3, 0.4) is 0 Å². The Morgan fingerprint density at radius 3 is 1.75 bits per heavy atom. The number of methoxy groups -OCH3 is 2. The predicted molar refractivity (Wildman–Crippen MR) is 108 cm³/mol. The highest BCUT2D eigenvalue weighted by molar-refractivity contribution is 5.93. The van der Waals surface area contributed by atoms with Crippen LogP contribution in [0.5, 0.6) is 11.5 Å². The van der Waals surface area contributed by atoms with E-state index >= 15 is 0 Å². The van der Waals surface area contributed by atoms with E-state index in [1.165, 1.54) is 0 Å². The molecule has 0 radical (unpaired) electrons. The largest absolute Gasteiger partial charge is 0.497 e. The molecule has 0 spiro atoms. The quantitative estimate of drug-likeness (QED) is 0.699. The summed E-state index contributed by atoms with van der Waals surface area (Å²) in [4.78, 5) is 4.86. The summed E-state index contributed by atoms with van der Waals surface area (Å²) in [5.41, 5.74) is 0.589. The van der Waals surface area contributed by atoms with Crippen molar-refractivity contribution in [3.8, 4) is 11.5 Å². The summed E-state index contributed by atoms with van der Waals surface area (Å²) in [5.74, 6) is 2.31. The van der Waals surface area contributed by atoms with Gasteiger partial charge in [0.15, 0.2) is 11.2 Å². The van der Waals surface area contributed by atoms with Crippen molar-refractivity contribution in [2.24, 2.45) is 4.99 Å². The Balaban J connectivity index is 1.85. The fourth-order valence-corrected chi connectivity index (χ4v) is 4.10. The first kappa shape index (κ1) is 18.8. The zero-order chi connectivity index (χ0) is 20.0. The van der Waals surface area contributed by atoms with Crippen LogP contribution in [0.4, 0.5) is 0 Å². The summed E-state index contributed by atoms with van der Waals surface area (Å²) in [6.07, 6.45) is 0.750. The number of aliphatic imine (C=N–C) groups is 1. The Kier molecular flexibility index (Phi) is 4.38. The minimum atomic E-state index is -0.653. The Labute approximate surface area is 166 Å². The number of hydrogen-bond donors (Lipinski definition) is 0. The molecule has 0 amide bonds. The summed E-state index contributed by atoms with van der Waals surface area (Å²) < 4.78 is 23.3. The van der Waals surface area contributed by atoms with E-state index in [4.69, 9.17) is 23.9 Å². The molecule has 1 atom stereocenters. The third-order valence-corrected chi connectivity index (χ3v) is 5.66. The van der Waals surface area contributed by atoms with Gasteiger partial charge in [-0.1, -0.05) is 31.2 Å². The third kappa shape index (κ3) is 2.68. The molecule has 0 N–H and O–H groups in total. The first-order valence-corrected chi connectivity index (χ1v) is 9.63. The Bertz CT molecular complexity index is 838. The molecule has 0 bridgehead atoms. The van der Waals surface area contributed by atoms with Crippen molar-refractivity contribution >= 4 is 5.90 Å². The van der Waals surface area contributed by atoms with Crippen LogP contribution >= 0.6 is 0 Å². The zero-order valence-electron chi connectivity index (χ0n) is 17.1. The van der Waals surface area contributed by atoms with Gasteiger partial charge in [0.05, 0.1) is 19.8 Å². The monoisotopic (exact) mass is 381 g/mol. The van der Waals surface area contributed by atoms with Crippen molar-refractivity contribution in [1.82, 2.24) is 0 Å². The van der Waals surface area contributed by atoms with E-state index < -0.39 is 11.2 Å². The lowest BCUT2D eigenvalue weighted by Gasteiger charge is -2.20. The second kappa shape index (κ2) is 6.52. The van der Waals surface area contributed by atoms with E-state index in [0.717, 1.165) is 29.0 Å². The molecule has 2 aromatic carbocycles. The van der Waals surface area contributed by atoms with Gasteiger partial charge in [-0.3, -0.25) is 0 Å². The maximum Gasteiger partial charge on any atom is 0.221 e. The average Bonchev–Trinajstić information content (AvgIpc) is 3.30. The SMILES string of the molecule is CCC1(C2=NC(C)(C)CO2)OC1(c1ccc(OC)cc1)c1ccc(OC)cc1. The summed E-state index contributed by atoms with van der Waals surface area (Å²) in [6.45, 7) is 6.84. The molecule has 2 heterocycles. The number of epoxide rings is 1. The molecule has 1 fully saturated rings. The molecule has 1 saturated heterocycles. The smallest absolute Gasteiger partial charge is 0.221 e. The number of benzene rings is 2.